The van der Waals surface area contributed by atoms with Crippen LogP contribution in [0.4, 0.5) is 0 Å². The van der Waals surface area contributed by atoms with Gasteiger partial charge in [-0.25, -0.2) is 13.2 Å². The normalized spacial score (nSPS) is 16.0. The van der Waals surface area contributed by atoms with Crippen molar-refractivity contribution in [3.8, 4) is 5.75 Å². The Morgan fingerprint density at radius 2 is 1.61 bits per heavy atom. The van der Waals surface area contributed by atoms with Crippen molar-refractivity contribution < 1.29 is 27.5 Å². The number of rotatable bonds is 8. The predicted octanol–water partition coefficient (Wildman–Crippen LogP) is 4.73. The highest BCUT2D eigenvalue weighted by atomic mass is 35.5. The van der Waals surface area contributed by atoms with Gasteiger partial charge in [0.1, 0.15) is 10.6 Å². The van der Waals surface area contributed by atoms with Crippen LogP contribution in [0.3, 0.4) is 0 Å². The molecule has 7 nitrogen and oxygen atoms in total. The topological polar surface area (TPSA) is 90.0 Å². The van der Waals surface area contributed by atoms with Crippen molar-refractivity contribution in [1.82, 2.24) is 4.31 Å². The zero-order valence-corrected chi connectivity index (χ0v) is 20.3. The van der Waals surface area contributed by atoms with Crippen LogP contribution in [0.1, 0.15) is 60.2 Å². The molecule has 1 aliphatic rings. The third-order valence-corrected chi connectivity index (χ3v) is 7.83. The Morgan fingerprint density at radius 1 is 1.00 bits per heavy atom. The molecule has 2 aromatic rings. The number of carbonyl (C=O) groups is 2. The molecule has 1 atom stereocenters. The molecule has 0 radical (unpaired) electrons. The summed E-state index contributed by atoms with van der Waals surface area (Å²) in [6.45, 7) is 4.68. The van der Waals surface area contributed by atoms with Gasteiger partial charge in [0.25, 0.3) is 0 Å². The smallest absolute Gasteiger partial charge is 0.338 e. The number of ketones is 1. The van der Waals surface area contributed by atoms with Gasteiger partial charge in [0.15, 0.2) is 6.10 Å². The van der Waals surface area contributed by atoms with Gasteiger partial charge in [-0.15, -0.1) is 0 Å². The van der Waals surface area contributed by atoms with Gasteiger partial charge in [-0.3, -0.25) is 4.79 Å². The summed E-state index contributed by atoms with van der Waals surface area (Å²) in [6.07, 6.45) is 2.46. The number of halogens is 1. The summed E-state index contributed by atoms with van der Waals surface area (Å²) < 4.78 is 38.4. The lowest BCUT2D eigenvalue weighted by Gasteiger charge is -2.21. The molecule has 0 aliphatic carbocycles. The summed E-state index contributed by atoms with van der Waals surface area (Å²) >= 11 is 6.19. The Kier molecular flexibility index (Phi) is 8.51. The number of ether oxygens (including phenoxy) is 2. The monoisotopic (exact) mass is 493 g/mol. The van der Waals surface area contributed by atoms with Crippen LogP contribution in [0.5, 0.6) is 5.75 Å². The summed E-state index contributed by atoms with van der Waals surface area (Å²) in [5.74, 6) is -0.540. The van der Waals surface area contributed by atoms with E-state index in [2.05, 4.69) is 0 Å². The first-order valence-corrected chi connectivity index (χ1v) is 12.8. The molecule has 33 heavy (non-hydrogen) atoms. The van der Waals surface area contributed by atoms with Gasteiger partial charge in [0.05, 0.1) is 17.2 Å². The number of hydrogen-bond donors (Lipinski definition) is 0. The molecule has 0 amide bonds. The van der Waals surface area contributed by atoms with Crippen molar-refractivity contribution in [2.75, 3.05) is 19.7 Å². The maximum Gasteiger partial charge on any atom is 0.338 e. The highest BCUT2D eigenvalue weighted by Crippen LogP contribution is 2.28. The fourth-order valence-corrected chi connectivity index (χ4v) is 5.67. The maximum absolute atomic E-state index is 13.2. The van der Waals surface area contributed by atoms with E-state index in [1.54, 1.807) is 24.3 Å². The maximum atomic E-state index is 13.2. The van der Waals surface area contributed by atoms with E-state index in [0.717, 1.165) is 25.7 Å². The van der Waals surface area contributed by atoms with Gasteiger partial charge in [-0.2, -0.15) is 4.31 Å². The quantitative estimate of drug-likeness (QED) is 0.390. The average molecular weight is 494 g/mol. The zero-order chi connectivity index (χ0) is 24.0. The first kappa shape index (κ1) is 25.2. The molecule has 1 heterocycles. The first-order valence-electron chi connectivity index (χ1n) is 11.0. The van der Waals surface area contributed by atoms with Crippen molar-refractivity contribution in [3.05, 3.63) is 58.6 Å². The summed E-state index contributed by atoms with van der Waals surface area (Å²) in [5.41, 5.74) is 0.387. The van der Waals surface area contributed by atoms with Crippen LogP contribution < -0.4 is 4.74 Å². The summed E-state index contributed by atoms with van der Waals surface area (Å²) in [5, 5.41) is 0.0364. The van der Waals surface area contributed by atoms with Gasteiger partial charge in [0.2, 0.25) is 15.8 Å². The van der Waals surface area contributed by atoms with Crippen LogP contribution in [0.15, 0.2) is 47.4 Å². The minimum Gasteiger partial charge on any atom is -0.494 e. The Hall–Kier alpha value is -2.42. The third kappa shape index (κ3) is 6.13. The largest absolute Gasteiger partial charge is 0.494 e. The molecule has 0 aromatic heterocycles. The van der Waals surface area contributed by atoms with Crippen LogP contribution >= 0.6 is 11.6 Å². The SMILES string of the molecule is CCOc1ccc(C(=O)[C@H](C)OC(=O)c2ccc(Cl)c(S(=O)(=O)N3CCCCCC3)c2)cc1. The number of hydrogen-bond acceptors (Lipinski definition) is 6. The first-order chi connectivity index (χ1) is 15.7. The molecule has 1 aliphatic heterocycles. The molecule has 0 unspecified atom stereocenters. The highest BCUT2D eigenvalue weighted by Gasteiger charge is 2.29. The summed E-state index contributed by atoms with van der Waals surface area (Å²) in [6, 6.07) is 10.5. The lowest BCUT2D eigenvalue weighted by atomic mass is 10.1. The molecule has 1 saturated heterocycles. The number of carbonyl (C=O) groups excluding carboxylic acids is 2. The van der Waals surface area contributed by atoms with Crippen molar-refractivity contribution in [2.24, 2.45) is 0 Å². The molecule has 1 fully saturated rings. The molecule has 9 heteroatoms. The molecule has 0 bridgehead atoms. The van der Waals surface area contributed by atoms with E-state index < -0.39 is 22.1 Å². The highest BCUT2D eigenvalue weighted by molar-refractivity contribution is 7.89. The molecule has 3 rings (SSSR count). The summed E-state index contributed by atoms with van der Waals surface area (Å²) in [4.78, 5) is 25.2. The van der Waals surface area contributed by atoms with Gasteiger partial charge in [0, 0.05) is 18.7 Å². The molecule has 178 valence electrons. The standard InChI is InChI=1S/C24H28ClNO6S/c1-3-31-20-11-8-18(9-12-20)23(27)17(2)32-24(28)19-10-13-21(25)22(16-19)33(29,30)26-14-6-4-5-7-15-26/h8-13,16-17H,3-7,14-15H2,1-2H3/t17-/m0/s1. The predicted molar refractivity (Wildman–Crippen MR) is 125 cm³/mol. The van der Waals surface area contributed by atoms with E-state index in [9.17, 15) is 18.0 Å². The fourth-order valence-electron chi connectivity index (χ4n) is 3.65. The Labute approximate surface area is 199 Å². The second kappa shape index (κ2) is 11.1. The lowest BCUT2D eigenvalue weighted by Crippen LogP contribution is -2.32. The lowest BCUT2D eigenvalue weighted by molar-refractivity contribution is 0.0318. The van der Waals surface area contributed by atoms with E-state index in [-0.39, 0.29) is 21.3 Å². The Morgan fingerprint density at radius 3 is 2.21 bits per heavy atom. The van der Waals surface area contributed by atoms with E-state index in [0.29, 0.717) is 31.0 Å². The van der Waals surface area contributed by atoms with Gasteiger partial charge in [-0.1, -0.05) is 24.4 Å². The van der Waals surface area contributed by atoms with Crippen molar-refractivity contribution >= 4 is 33.4 Å². The number of sulfonamides is 1. The second-order valence-corrected chi connectivity index (χ2v) is 10.1. The third-order valence-electron chi connectivity index (χ3n) is 5.45. The van der Waals surface area contributed by atoms with E-state index in [1.165, 1.54) is 29.4 Å². The van der Waals surface area contributed by atoms with E-state index >= 15 is 0 Å². The Bertz CT molecular complexity index is 1090. The van der Waals surface area contributed by atoms with Gasteiger partial charge >= 0.3 is 5.97 Å². The van der Waals surface area contributed by atoms with Gasteiger partial charge < -0.3 is 9.47 Å². The minimum atomic E-state index is -3.85. The molecule has 0 saturated carbocycles. The average Bonchev–Trinajstić information content (AvgIpc) is 3.09. The van der Waals surface area contributed by atoms with Crippen LogP contribution in [0.2, 0.25) is 5.02 Å². The van der Waals surface area contributed by atoms with E-state index in [1.807, 2.05) is 6.92 Å². The molecular weight excluding hydrogens is 466 g/mol. The van der Waals surface area contributed by atoms with Crippen LogP contribution in [0, 0.1) is 0 Å². The summed E-state index contributed by atoms with van der Waals surface area (Å²) in [7, 11) is -3.85. The van der Waals surface area contributed by atoms with Crippen LogP contribution in [0.25, 0.3) is 0 Å². The number of benzene rings is 2. The molecular formula is C24H28ClNO6S. The van der Waals surface area contributed by atoms with Crippen molar-refractivity contribution in [1.29, 1.82) is 0 Å². The minimum absolute atomic E-state index is 0.0131. The Balaban J connectivity index is 1.75. The van der Waals surface area contributed by atoms with Crippen LogP contribution in [-0.2, 0) is 14.8 Å². The van der Waals surface area contributed by atoms with Crippen LogP contribution in [-0.4, -0.2) is 50.3 Å². The number of Topliss-reactive ketones (excluding diaryl/α,β-unsaturated/α-hetero) is 1. The van der Waals surface area contributed by atoms with Crippen molar-refractivity contribution in [3.63, 3.8) is 0 Å². The van der Waals surface area contributed by atoms with E-state index in [4.69, 9.17) is 21.1 Å². The molecule has 0 spiro atoms. The van der Waals surface area contributed by atoms with Crippen molar-refractivity contribution in [2.45, 2.75) is 50.5 Å². The van der Waals surface area contributed by atoms with Gasteiger partial charge in [-0.05, 0) is 69.2 Å². The molecule has 2 aromatic carbocycles. The number of esters is 1. The fraction of sp³-hybridized carbons (Fsp3) is 0.417. The second-order valence-electron chi connectivity index (χ2n) is 7.83. The molecule has 0 N–H and O–H groups in total. The zero-order valence-electron chi connectivity index (χ0n) is 18.8. The number of nitrogens with zero attached hydrogens (tertiary/aromatic N) is 1.